The largest absolute Gasteiger partial charge is 0.489 e. The molecule has 0 spiro atoms. The second kappa shape index (κ2) is 10.7. The summed E-state index contributed by atoms with van der Waals surface area (Å²) in [6, 6.07) is 16.6. The molecular formula is C24H17Cl2NO6S. The van der Waals surface area contributed by atoms with Gasteiger partial charge in [0.05, 0.1) is 15.7 Å². The lowest BCUT2D eigenvalue weighted by Gasteiger charge is -2.15. The molecule has 0 amide bonds. The van der Waals surface area contributed by atoms with Crippen LogP contribution in [0.15, 0.2) is 66.2 Å². The fraction of sp³-hybridized carbons (Fsp3) is 0.125. The Kier molecular flexibility index (Phi) is 7.52. The molecule has 3 aromatic carbocycles. The zero-order valence-corrected chi connectivity index (χ0v) is 19.8. The van der Waals surface area contributed by atoms with Crippen molar-refractivity contribution in [3.05, 3.63) is 81.8 Å². The predicted molar refractivity (Wildman–Crippen MR) is 129 cm³/mol. The molecule has 1 aromatic heterocycles. The molecule has 1 heterocycles. The van der Waals surface area contributed by atoms with E-state index in [1.807, 2.05) is 0 Å². The highest BCUT2D eigenvalue weighted by Gasteiger charge is 2.29. The summed E-state index contributed by atoms with van der Waals surface area (Å²) in [5, 5.41) is 10.5. The van der Waals surface area contributed by atoms with Crippen molar-refractivity contribution in [3.63, 3.8) is 0 Å². The normalized spacial score (nSPS) is 11.7. The summed E-state index contributed by atoms with van der Waals surface area (Å²) in [5.74, 6) is -0.917. The van der Waals surface area contributed by atoms with E-state index in [1.54, 1.807) is 66.2 Å². The smallest absolute Gasteiger partial charge is 0.352 e. The number of Topliss-reactive ketones (excluding diaryl/α,β-unsaturated/α-hetero) is 1. The van der Waals surface area contributed by atoms with Gasteiger partial charge in [-0.05, 0) is 66.2 Å². The van der Waals surface area contributed by atoms with Crippen molar-refractivity contribution in [2.24, 2.45) is 0 Å². The lowest BCUT2D eigenvalue weighted by Crippen LogP contribution is -2.38. The number of ether oxygens (including phenoxy) is 3. The third kappa shape index (κ3) is 6.17. The van der Waals surface area contributed by atoms with Crippen LogP contribution in [-0.2, 0) is 16.2 Å². The third-order valence-corrected chi connectivity index (χ3v) is 5.83. The number of carbonyl (C=O) groups excluding carboxylic acids is 1. The fourth-order valence-corrected chi connectivity index (χ4v) is 4.30. The van der Waals surface area contributed by atoms with Crippen LogP contribution in [0.2, 0.25) is 10.0 Å². The Hall–Kier alpha value is -3.33. The molecule has 0 fully saturated rings. The summed E-state index contributed by atoms with van der Waals surface area (Å²) in [7, 11) is 0. The van der Waals surface area contributed by atoms with Gasteiger partial charge in [0, 0.05) is 10.0 Å². The fourth-order valence-electron chi connectivity index (χ4n) is 3.02. The van der Waals surface area contributed by atoms with Crippen molar-refractivity contribution in [2.75, 3.05) is 6.61 Å². The van der Waals surface area contributed by atoms with E-state index in [2.05, 4.69) is 4.98 Å². The Labute approximate surface area is 208 Å². The van der Waals surface area contributed by atoms with Crippen LogP contribution in [0.25, 0.3) is 10.2 Å². The molecule has 1 N–H and O–H groups in total. The minimum atomic E-state index is -1.70. The van der Waals surface area contributed by atoms with E-state index in [0.717, 1.165) is 15.8 Å². The molecule has 0 radical (unpaired) electrons. The van der Waals surface area contributed by atoms with Crippen molar-refractivity contribution in [1.29, 1.82) is 0 Å². The third-order valence-electron chi connectivity index (χ3n) is 4.61. The van der Waals surface area contributed by atoms with Gasteiger partial charge in [-0.3, -0.25) is 4.79 Å². The van der Waals surface area contributed by atoms with Crippen LogP contribution in [0.4, 0.5) is 0 Å². The molecule has 0 aliphatic rings. The molecule has 1 atom stereocenters. The maximum atomic E-state index is 12.5. The number of fused-ring (bicyclic) bond motifs is 1. The van der Waals surface area contributed by atoms with Crippen LogP contribution in [0.5, 0.6) is 17.2 Å². The summed E-state index contributed by atoms with van der Waals surface area (Å²) in [6.07, 6.45) is -1.70. The highest BCUT2D eigenvalue weighted by atomic mass is 35.5. The highest BCUT2D eigenvalue weighted by molar-refractivity contribution is 7.16. The van der Waals surface area contributed by atoms with E-state index in [-0.39, 0.29) is 12.4 Å². The minimum absolute atomic E-state index is 0.264. The summed E-state index contributed by atoms with van der Waals surface area (Å²) < 4.78 is 17.4. The van der Waals surface area contributed by atoms with E-state index in [9.17, 15) is 14.7 Å². The number of aliphatic carboxylic acids is 1. The number of benzene rings is 3. The summed E-state index contributed by atoms with van der Waals surface area (Å²) >= 11 is 13.4. The molecule has 0 saturated carbocycles. The van der Waals surface area contributed by atoms with Crippen molar-refractivity contribution < 1.29 is 28.9 Å². The van der Waals surface area contributed by atoms with E-state index >= 15 is 0 Å². The number of carbonyl (C=O) groups is 2. The highest BCUT2D eigenvalue weighted by Crippen LogP contribution is 2.25. The summed E-state index contributed by atoms with van der Waals surface area (Å²) in [6.45, 7) is -0.203. The molecule has 174 valence electrons. The van der Waals surface area contributed by atoms with Crippen molar-refractivity contribution in [1.82, 2.24) is 4.98 Å². The molecule has 7 nitrogen and oxygen atoms in total. The van der Waals surface area contributed by atoms with E-state index in [4.69, 9.17) is 37.4 Å². The Morgan fingerprint density at radius 1 is 0.912 bits per heavy atom. The first-order valence-electron chi connectivity index (χ1n) is 9.93. The van der Waals surface area contributed by atoms with Gasteiger partial charge in [-0.15, -0.1) is 11.3 Å². The lowest BCUT2D eigenvalue weighted by atomic mass is 10.2. The van der Waals surface area contributed by atoms with Gasteiger partial charge >= 0.3 is 5.97 Å². The van der Waals surface area contributed by atoms with Gasteiger partial charge in [-0.1, -0.05) is 23.2 Å². The van der Waals surface area contributed by atoms with Crippen LogP contribution in [0.3, 0.4) is 0 Å². The van der Waals surface area contributed by atoms with Gasteiger partial charge in [-0.2, -0.15) is 0 Å². The first kappa shape index (κ1) is 23.8. The van der Waals surface area contributed by atoms with E-state index in [0.29, 0.717) is 21.5 Å². The molecule has 10 heteroatoms. The quantitative estimate of drug-likeness (QED) is 0.271. The number of hydrogen-bond acceptors (Lipinski definition) is 7. The number of carboxylic acids is 1. The summed E-state index contributed by atoms with van der Waals surface area (Å²) in [4.78, 5) is 28.2. The maximum Gasteiger partial charge on any atom is 0.352 e. The average molecular weight is 518 g/mol. The van der Waals surface area contributed by atoms with Gasteiger partial charge in [0.25, 0.3) is 6.10 Å². The van der Waals surface area contributed by atoms with E-state index < -0.39 is 24.5 Å². The number of halogens is 2. The summed E-state index contributed by atoms with van der Waals surface area (Å²) in [5.41, 5.74) is 3.26. The van der Waals surface area contributed by atoms with Gasteiger partial charge in [-0.25, -0.2) is 9.78 Å². The monoisotopic (exact) mass is 517 g/mol. The number of ketones is 1. The number of hydrogen-bond donors (Lipinski definition) is 1. The zero-order valence-electron chi connectivity index (χ0n) is 17.4. The topological polar surface area (TPSA) is 95.0 Å². The molecule has 4 rings (SSSR count). The molecule has 0 bridgehead atoms. The van der Waals surface area contributed by atoms with Crippen molar-refractivity contribution in [2.45, 2.75) is 12.7 Å². The Morgan fingerprint density at radius 3 is 2.24 bits per heavy atom. The van der Waals surface area contributed by atoms with Crippen LogP contribution in [-0.4, -0.2) is 34.6 Å². The van der Waals surface area contributed by atoms with Crippen LogP contribution < -0.4 is 14.2 Å². The van der Waals surface area contributed by atoms with Gasteiger partial charge < -0.3 is 19.3 Å². The molecule has 1 unspecified atom stereocenters. The van der Waals surface area contributed by atoms with Gasteiger partial charge in [0.15, 0.2) is 6.61 Å². The molecule has 0 aliphatic heterocycles. The molecule has 0 saturated heterocycles. The standard InChI is InChI=1S/C24H17Cl2NO6S/c25-15-7-14(8-16(26)9-15)11-31-17-1-3-18(4-2-17)32-12-21(28)23(24(29)30)33-19-5-6-20-22(10-19)34-13-27-20/h1-10,13,23H,11-12H2,(H,29,30). The first-order valence-corrected chi connectivity index (χ1v) is 11.6. The average Bonchev–Trinajstić information content (AvgIpc) is 3.27. The SMILES string of the molecule is O=C(O)C(Oc1ccc2ncsc2c1)C(=O)COc1ccc(OCc2cc(Cl)cc(Cl)c2)cc1. The van der Waals surface area contributed by atoms with Crippen LogP contribution in [0.1, 0.15) is 5.56 Å². The van der Waals surface area contributed by atoms with Gasteiger partial charge in [0.1, 0.15) is 23.9 Å². The van der Waals surface area contributed by atoms with Crippen molar-refractivity contribution >= 4 is 56.5 Å². The maximum absolute atomic E-state index is 12.5. The number of rotatable bonds is 10. The molecule has 0 aliphatic carbocycles. The van der Waals surface area contributed by atoms with E-state index in [1.165, 1.54) is 11.3 Å². The molecule has 4 aromatic rings. The van der Waals surface area contributed by atoms with Crippen molar-refractivity contribution in [3.8, 4) is 17.2 Å². The molecule has 34 heavy (non-hydrogen) atoms. The number of carboxylic acid groups (broad SMARTS) is 1. The lowest BCUT2D eigenvalue weighted by molar-refractivity contribution is -0.151. The Morgan fingerprint density at radius 2 is 1.56 bits per heavy atom. The predicted octanol–water partition coefficient (Wildman–Crippen LogP) is 5.66. The first-order chi connectivity index (χ1) is 16.4. The van der Waals surface area contributed by atoms with Gasteiger partial charge in [0.2, 0.25) is 5.78 Å². The zero-order chi connectivity index (χ0) is 24.1. The van der Waals surface area contributed by atoms with Crippen LogP contribution >= 0.6 is 34.5 Å². The minimum Gasteiger partial charge on any atom is -0.489 e. The number of thiazole rings is 1. The second-order valence-corrected chi connectivity index (χ2v) is 8.87. The number of aromatic nitrogens is 1. The second-order valence-electron chi connectivity index (χ2n) is 7.11. The Balaban J connectivity index is 1.32. The Bertz CT molecular complexity index is 1300. The number of nitrogens with zero attached hydrogens (tertiary/aromatic N) is 1. The molecular weight excluding hydrogens is 501 g/mol. The van der Waals surface area contributed by atoms with Crippen LogP contribution in [0, 0.1) is 0 Å².